The Bertz CT molecular complexity index is 523. The predicted octanol–water partition coefficient (Wildman–Crippen LogP) is 1.87. The maximum atomic E-state index is 12.0. The SMILES string of the molecule is CCCCc1ccc(S(=O)(=O)NCCC(=O)OC)cc1. The molecule has 0 amide bonds. The predicted molar refractivity (Wildman–Crippen MR) is 76.9 cm³/mol. The van der Waals surface area contributed by atoms with Gasteiger partial charge in [0.15, 0.2) is 0 Å². The third kappa shape index (κ3) is 5.30. The van der Waals surface area contributed by atoms with Crippen molar-refractivity contribution in [1.29, 1.82) is 0 Å². The van der Waals surface area contributed by atoms with Crippen molar-refractivity contribution in [2.75, 3.05) is 13.7 Å². The Morgan fingerprint density at radius 1 is 1.25 bits per heavy atom. The molecule has 0 unspecified atom stereocenters. The van der Waals surface area contributed by atoms with Crippen LogP contribution in [-0.2, 0) is 26.0 Å². The third-order valence-corrected chi connectivity index (χ3v) is 4.38. The van der Waals surface area contributed by atoms with Gasteiger partial charge in [-0.05, 0) is 30.5 Å². The molecule has 0 atom stereocenters. The van der Waals surface area contributed by atoms with E-state index in [1.807, 2.05) is 12.1 Å². The van der Waals surface area contributed by atoms with Crippen LogP contribution in [0.5, 0.6) is 0 Å². The topological polar surface area (TPSA) is 72.5 Å². The van der Waals surface area contributed by atoms with Crippen LogP contribution in [0.3, 0.4) is 0 Å². The first-order valence-electron chi connectivity index (χ1n) is 6.65. The molecule has 112 valence electrons. The molecule has 1 N–H and O–H groups in total. The van der Waals surface area contributed by atoms with Gasteiger partial charge in [-0.3, -0.25) is 4.79 Å². The maximum Gasteiger partial charge on any atom is 0.306 e. The molecule has 0 heterocycles. The van der Waals surface area contributed by atoms with Gasteiger partial charge >= 0.3 is 5.97 Å². The smallest absolute Gasteiger partial charge is 0.306 e. The van der Waals surface area contributed by atoms with Crippen LogP contribution < -0.4 is 4.72 Å². The summed E-state index contributed by atoms with van der Waals surface area (Å²) in [5.74, 6) is -0.442. The number of unbranched alkanes of at least 4 members (excludes halogenated alkanes) is 1. The molecule has 1 aromatic carbocycles. The third-order valence-electron chi connectivity index (χ3n) is 2.90. The van der Waals surface area contributed by atoms with Crippen LogP contribution in [0.4, 0.5) is 0 Å². The number of benzene rings is 1. The lowest BCUT2D eigenvalue weighted by molar-refractivity contribution is -0.140. The molecule has 20 heavy (non-hydrogen) atoms. The maximum absolute atomic E-state index is 12.0. The number of esters is 1. The normalized spacial score (nSPS) is 11.3. The Kier molecular flexibility index (Phi) is 6.67. The number of aryl methyl sites for hydroxylation is 1. The second kappa shape index (κ2) is 8.01. The van der Waals surface area contributed by atoms with Crippen molar-refractivity contribution in [1.82, 2.24) is 4.72 Å². The van der Waals surface area contributed by atoms with E-state index in [2.05, 4.69) is 16.4 Å². The van der Waals surface area contributed by atoms with Crippen molar-refractivity contribution in [2.45, 2.75) is 37.5 Å². The zero-order chi connectivity index (χ0) is 15.0. The van der Waals surface area contributed by atoms with Gasteiger partial charge in [-0.2, -0.15) is 0 Å². The molecule has 5 nitrogen and oxygen atoms in total. The van der Waals surface area contributed by atoms with Gasteiger partial charge in [-0.1, -0.05) is 25.5 Å². The number of nitrogens with one attached hydrogen (secondary N) is 1. The van der Waals surface area contributed by atoms with Crippen LogP contribution in [0.1, 0.15) is 31.7 Å². The van der Waals surface area contributed by atoms with Crippen molar-refractivity contribution in [3.05, 3.63) is 29.8 Å². The molecule has 0 saturated heterocycles. The number of hydrogen-bond donors (Lipinski definition) is 1. The van der Waals surface area contributed by atoms with E-state index < -0.39 is 16.0 Å². The molecular weight excluding hydrogens is 278 g/mol. The van der Waals surface area contributed by atoms with Gasteiger partial charge in [-0.15, -0.1) is 0 Å². The first-order chi connectivity index (χ1) is 9.49. The summed E-state index contributed by atoms with van der Waals surface area (Å²) in [6.45, 7) is 2.15. The van der Waals surface area contributed by atoms with E-state index in [1.54, 1.807) is 12.1 Å². The van der Waals surface area contributed by atoms with Gasteiger partial charge in [0.1, 0.15) is 0 Å². The fourth-order valence-corrected chi connectivity index (χ4v) is 2.72. The number of sulfonamides is 1. The van der Waals surface area contributed by atoms with Crippen molar-refractivity contribution in [2.24, 2.45) is 0 Å². The Hall–Kier alpha value is -1.40. The number of carbonyl (C=O) groups is 1. The number of hydrogen-bond acceptors (Lipinski definition) is 4. The molecule has 1 aromatic rings. The van der Waals surface area contributed by atoms with Crippen LogP contribution in [0.15, 0.2) is 29.2 Å². The minimum atomic E-state index is -3.56. The van der Waals surface area contributed by atoms with E-state index in [1.165, 1.54) is 7.11 Å². The highest BCUT2D eigenvalue weighted by molar-refractivity contribution is 7.89. The summed E-state index contributed by atoms with van der Waals surface area (Å²) in [6, 6.07) is 6.83. The Morgan fingerprint density at radius 2 is 1.90 bits per heavy atom. The lowest BCUT2D eigenvalue weighted by atomic mass is 10.1. The lowest BCUT2D eigenvalue weighted by Gasteiger charge is -2.07. The summed E-state index contributed by atoms with van der Waals surface area (Å²) in [5, 5.41) is 0. The summed E-state index contributed by atoms with van der Waals surface area (Å²) in [6.07, 6.45) is 3.16. The highest BCUT2D eigenvalue weighted by Gasteiger charge is 2.14. The summed E-state index contributed by atoms with van der Waals surface area (Å²) in [5.41, 5.74) is 1.13. The number of ether oxygens (including phenoxy) is 1. The van der Waals surface area contributed by atoms with Gasteiger partial charge in [0.25, 0.3) is 0 Å². The van der Waals surface area contributed by atoms with Gasteiger partial charge < -0.3 is 4.74 Å². The minimum Gasteiger partial charge on any atom is -0.469 e. The Labute approximate surface area is 120 Å². The van der Waals surface area contributed by atoms with Gasteiger partial charge in [0, 0.05) is 6.54 Å². The van der Waals surface area contributed by atoms with Crippen molar-refractivity contribution >= 4 is 16.0 Å². The zero-order valence-electron chi connectivity index (χ0n) is 11.9. The van der Waals surface area contributed by atoms with Crippen LogP contribution in [0.2, 0.25) is 0 Å². The highest BCUT2D eigenvalue weighted by Crippen LogP contribution is 2.12. The van der Waals surface area contributed by atoms with Crippen molar-refractivity contribution < 1.29 is 17.9 Å². The summed E-state index contributed by atoms with van der Waals surface area (Å²) in [7, 11) is -2.29. The zero-order valence-corrected chi connectivity index (χ0v) is 12.7. The molecule has 0 aliphatic rings. The van der Waals surface area contributed by atoms with E-state index in [0.29, 0.717) is 0 Å². The molecule has 0 aliphatic carbocycles. The van der Waals surface area contributed by atoms with E-state index in [-0.39, 0.29) is 17.9 Å². The average Bonchev–Trinajstić information content (AvgIpc) is 2.45. The Morgan fingerprint density at radius 3 is 2.45 bits per heavy atom. The molecular formula is C14H21NO4S. The lowest BCUT2D eigenvalue weighted by Crippen LogP contribution is -2.26. The van der Waals surface area contributed by atoms with Crippen LogP contribution >= 0.6 is 0 Å². The Balaban J connectivity index is 2.61. The molecule has 0 bridgehead atoms. The van der Waals surface area contributed by atoms with Crippen LogP contribution in [-0.4, -0.2) is 28.0 Å². The van der Waals surface area contributed by atoms with Crippen LogP contribution in [0, 0.1) is 0 Å². The van der Waals surface area contributed by atoms with Crippen molar-refractivity contribution in [3.8, 4) is 0 Å². The molecule has 1 rings (SSSR count). The fourth-order valence-electron chi connectivity index (χ4n) is 1.69. The standard InChI is InChI=1S/C14H21NO4S/c1-3-4-5-12-6-8-13(9-7-12)20(17,18)15-11-10-14(16)19-2/h6-9,15H,3-5,10-11H2,1-2H3. The van der Waals surface area contributed by atoms with E-state index >= 15 is 0 Å². The monoisotopic (exact) mass is 299 g/mol. The second-order valence-electron chi connectivity index (χ2n) is 4.47. The fraction of sp³-hybridized carbons (Fsp3) is 0.500. The molecule has 6 heteroatoms. The second-order valence-corrected chi connectivity index (χ2v) is 6.24. The summed E-state index contributed by atoms with van der Waals surface area (Å²) in [4.78, 5) is 11.1. The molecule has 0 aliphatic heterocycles. The van der Waals surface area contributed by atoms with Gasteiger partial charge in [0.2, 0.25) is 10.0 Å². The van der Waals surface area contributed by atoms with E-state index in [0.717, 1.165) is 24.8 Å². The molecule has 0 aromatic heterocycles. The molecule has 0 spiro atoms. The number of rotatable bonds is 8. The van der Waals surface area contributed by atoms with E-state index in [4.69, 9.17) is 0 Å². The quantitative estimate of drug-likeness (QED) is 0.744. The molecule has 0 fully saturated rings. The summed E-state index contributed by atoms with van der Waals surface area (Å²) < 4.78 is 30.8. The van der Waals surface area contributed by atoms with Gasteiger partial charge in [0.05, 0.1) is 18.4 Å². The summed E-state index contributed by atoms with van der Waals surface area (Å²) >= 11 is 0. The largest absolute Gasteiger partial charge is 0.469 e. The highest BCUT2D eigenvalue weighted by atomic mass is 32.2. The van der Waals surface area contributed by atoms with Gasteiger partial charge in [-0.25, -0.2) is 13.1 Å². The van der Waals surface area contributed by atoms with E-state index in [9.17, 15) is 13.2 Å². The van der Waals surface area contributed by atoms with Crippen molar-refractivity contribution in [3.63, 3.8) is 0 Å². The first-order valence-corrected chi connectivity index (χ1v) is 8.13. The minimum absolute atomic E-state index is 0.0182. The molecule has 0 saturated carbocycles. The number of carbonyl (C=O) groups excluding carboxylic acids is 1. The number of methoxy groups -OCH3 is 1. The van der Waals surface area contributed by atoms with Crippen LogP contribution in [0.25, 0.3) is 0 Å². The first kappa shape index (κ1) is 16.7. The molecule has 0 radical (unpaired) electrons. The average molecular weight is 299 g/mol.